The number of halogens is 1. The summed E-state index contributed by atoms with van der Waals surface area (Å²) in [6.45, 7) is 0.237. The first-order valence-corrected chi connectivity index (χ1v) is 10.6. The van der Waals surface area contributed by atoms with Crippen molar-refractivity contribution in [1.82, 2.24) is 4.90 Å². The second-order valence-corrected chi connectivity index (χ2v) is 9.26. The number of benzene rings is 2. The van der Waals surface area contributed by atoms with Gasteiger partial charge in [0.1, 0.15) is 5.82 Å². The van der Waals surface area contributed by atoms with Crippen LogP contribution in [-0.2, 0) is 16.4 Å². The number of hydrogen-bond donors (Lipinski definition) is 0. The summed E-state index contributed by atoms with van der Waals surface area (Å²) in [7, 11) is 0.703. The van der Waals surface area contributed by atoms with Gasteiger partial charge >= 0.3 is 0 Å². The predicted octanol–water partition coefficient (Wildman–Crippen LogP) is 2.72. The van der Waals surface area contributed by atoms with Gasteiger partial charge < -0.3 is 9.80 Å². The van der Waals surface area contributed by atoms with Crippen LogP contribution in [0.1, 0.15) is 22.3 Å². The minimum atomic E-state index is -3.17. The Labute approximate surface area is 159 Å². The molecule has 0 N–H and O–H groups in total. The van der Waals surface area contributed by atoms with Gasteiger partial charge in [0.2, 0.25) is 0 Å². The van der Waals surface area contributed by atoms with Crippen LogP contribution in [0.3, 0.4) is 0 Å². The summed E-state index contributed by atoms with van der Waals surface area (Å²) < 4.78 is 38.0. The highest BCUT2D eigenvalue weighted by Crippen LogP contribution is 2.24. The molecule has 2 aromatic carbocycles. The van der Waals surface area contributed by atoms with Gasteiger partial charge in [-0.15, -0.1) is 0 Å². The molecule has 144 valence electrons. The smallest absolute Gasteiger partial charge is 0.257 e. The van der Waals surface area contributed by atoms with E-state index in [2.05, 4.69) is 0 Å². The summed E-state index contributed by atoms with van der Waals surface area (Å²) in [6, 6.07) is 13.0. The van der Waals surface area contributed by atoms with Gasteiger partial charge in [0.25, 0.3) is 5.91 Å². The lowest BCUT2D eigenvalue weighted by molar-refractivity contribution is 0.0676. The zero-order valence-electron chi connectivity index (χ0n) is 15.4. The SMILES string of the molecule is CN(C)c1ccc(CN(C(=O)c2ccccc2F)[C@@H]2CCS(=O)(=O)C2)cc1. The Morgan fingerprint density at radius 1 is 1.11 bits per heavy atom. The summed E-state index contributed by atoms with van der Waals surface area (Å²) in [5, 5.41) is 0. The summed E-state index contributed by atoms with van der Waals surface area (Å²) >= 11 is 0. The van der Waals surface area contributed by atoms with Crippen molar-refractivity contribution >= 4 is 21.4 Å². The minimum absolute atomic E-state index is 0.0355. The molecular formula is C20H23FN2O3S. The average Bonchev–Trinajstić information content (AvgIpc) is 2.99. The highest BCUT2D eigenvalue weighted by molar-refractivity contribution is 7.91. The van der Waals surface area contributed by atoms with Crippen LogP contribution in [0.5, 0.6) is 0 Å². The predicted molar refractivity (Wildman–Crippen MR) is 104 cm³/mol. The van der Waals surface area contributed by atoms with E-state index in [0.29, 0.717) is 6.42 Å². The Kier molecular flexibility index (Phi) is 5.51. The first kappa shape index (κ1) is 19.4. The third kappa shape index (κ3) is 4.47. The third-order valence-electron chi connectivity index (χ3n) is 4.82. The highest BCUT2D eigenvalue weighted by Gasteiger charge is 2.35. The van der Waals surface area contributed by atoms with E-state index in [9.17, 15) is 17.6 Å². The number of carbonyl (C=O) groups excluding carboxylic acids is 1. The van der Waals surface area contributed by atoms with Crippen molar-refractivity contribution in [3.63, 3.8) is 0 Å². The molecule has 1 fully saturated rings. The van der Waals surface area contributed by atoms with Gasteiger partial charge in [-0.05, 0) is 36.2 Å². The van der Waals surface area contributed by atoms with Crippen molar-refractivity contribution < 1.29 is 17.6 Å². The van der Waals surface area contributed by atoms with Crippen LogP contribution in [0.2, 0.25) is 0 Å². The van der Waals surface area contributed by atoms with Crippen molar-refractivity contribution in [3.05, 3.63) is 65.5 Å². The molecule has 1 saturated heterocycles. The van der Waals surface area contributed by atoms with Crippen LogP contribution in [0, 0.1) is 5.82 Å². The summed E-state index contributed by atoms with van der Waals surface area (Å²) in [4.78, 5) is 16.5. The minimum Gasteiger partial charge on any atom is -0.378 e. The van der Waals surface area contributed by atoms with Crippen molar-refractivity contribution in [2.45, 2.75) is 19.0 Å². The first-order valence-electron chi connectivity index (χ1n) is 8.79. The maximum absolute atomic E-state index is 14.1. The molecule has 0 saturated carbocycles. The molecular weight excluding hydrogens is 367 g/mol. The fraction of sp³-hybridized carbons (Fsp3) is 0.350. The van der Waals surface area contributed by atoms with E-state index < -0.39 is 27.6 Å². The molecule has 1 atom stereocenters. The molecule has 1 aliphatic heterocycles. The topological polar surface area (TPSA) is 57.7 Å². The fourth-order valence-electron chi connectivity index (χ4n) is 3.27. The third-order valence-corrected chi connectivity index (χ3v) is 6.57. The molecule has 27 heavy (non-hydrogen) atoms. The van der Waals surface area contributed by atoms with Gasteiger partial charge in [0.15, 0.2) is 9.84 Å². The number of amides is 1. The van der Waals surface area contributed by atoms with Crippen LogP contribution in [-0.4, -0.2) is 50.9 Å². The highest BCUT2D eigenvalue weighted by atomic mass is 32.2. The number of nitrogens with zero attached hydrogens (tertiary/aromatic N) is 2. The maximum atomic E-state index is 14.1. The van der Waals surface area contributed by atoms with Crippen LogP contribution >= 0.6 is 0 Å². The van der Waals surface area contributed by atoms with Gasteiger partial charge in [0, 0.05) is 32.4 Å². The number of anilines is 1. The van der Waals surface area contributed by atoms with Crippen molar-refractivity contribution in [1.29, 1.82) is 0 Å². The second-order valence-electron chi connectivity index (χ2n) is 7.03. The molecule has 0 aromatic heterocycles. The lowest BCUT2D eigenvalue weighted by Crippen LogP contribution is -2.41. The van der Waals surface area contributed by atoms with E-state index in [1.807, 2.05) is 43.3 Å². The lowest BCUT2D eigenvalue weighted by atomic mass is 10.1. The molecule has 0 spiro atoms. The van der Waals surface area contributed by atoms with Crippen molar-refractivity contribution in [2.24, 2.45) is 0 Å². The molecule has 1 aliphatic rings. The number of sulfone groups is 1. The average molecular weight is 390 g/mol. The standard InChI is InChI=1S/C20H23FN2O3S/c1-22(2)16-9-7-15(8-10-16)13-23(17-11-12-27(25,26)14-17)20(24)18-5-3-4-6-19(18)21/h3-10,17H,11-14H2,1-2H3/t17-/m1/s1. The first-order chi connectivity index (χ1) is 12.8. The molecule has 0 bridgehead atoms. The van der Waals surface area contributed by atoms with Crippen molar-refractivity contribution in [2.75, 3.05) is 30.5 Å². The van der Waals surface area contributed by atoms with E-state index in [1.165, 1.54) is 23.1 Å². The summed E-state index contributed by atoms with van der Waals surface area (Å²) in [5.41, 5.74) is 1.86. The van der Waals surface area contributed by atoms with E-state index in [4.69, 9.17) is 0 Å². The number of carbonyl (C=O) groups is 1. The Morgan fingerprint density at radius 3 is 2.33 bits per heavy atom. The number of rotatable bonds is 5. The molecule has 1 amide bonds. The Bertz CT molecular complexity index is 926. The van der Waals surface area contributed by atoms with E-state index in [0.717, 1.165) is 11.3 Å². The molecule has 5 nitrogen and oxygen atoms in total. The molecule has 0 aliphatic carbocycles. The molecule has 0 unspecified atom stereocenters. The zero-order chi connectivity index (χ0) is 19.6. The second kappa shape index (κ2) is 7.68. The zero-order valence-corrected chi connectivity index (χ0v) is 16.2. The van der Waals surface area contributed by atoms with Crippen LogP contribution in [0.15, 0.2) is 48.5 Å². The monoisotopic (exact) mass is 390 g/mol. The number of hydrogen-bond acceptors (Lipinski definition) is 4. The summed E-state index contributed by atoms with van der Waals surface area (Å²) in [5.74, 6) is -1.11. The quantitative estimate of drug-likeness (QED) is 0.788. The fourth-order valence-corrected chi connectivity index (χ4v) is 5.00. The maximum Gasteiger partial charge on any atom is 0.257 e. The molecule has 3 rings (SSSR count). The molecule has 0 radical (unpaired) electrons. The van der Waals surface area contributed by atoms with E-state index in [-0.39, 0.29) is 23.6 Å². The summed E-state index contributed by atoms with van der Waals surface area (Å²) in [6.07, 6.45) is 0.373. The molecule has 2 aromatic rings. The van der Waals surface area contributed by atoms with Gasteiger partial charge in [-0.3, -0.25) is 4.79 Å². The van der Waals surface area contributed by atoms with Crippen LogP contribution in [0.4, 0.5) is 10.1 Å². The normalized spacial score (nSPS) is 18.3. The van der Waals surface area contributed by atoms with Gasteiger partial charge in [-0.1, -0.05) is 24.3 Å². The van der Waals surface area contributed by atoms with E-state index in [1.54, 1.807) is 6.07 Å². The Hall–Kier alpha value is -2.41. The molecule has 1 heterocycles. The van der Waals surface area contributed by atoms with Gasteiger partial charge in [-0.25, -0.2) is 12.8 Å². The Morgan fingerprint density at radius 2 is 1.78 bits per heavy atom. The van der Waals surface area contributed by atoms with Crippen LogP contribution in [0.25, 0.3) is 0 Å². The largest absolute Gasteiger partial charge is 0.378 e. The van der Waals surface area contributed by atoms with Gasteiger partial charge in [0.05, 0.1) is 17.1 Å². The van der Waals surface area contributed by atoms with Gasteiger partial charge in [-0.2, -0.15) is 0 Å². The van der Waals surface area contributed by atoms with E-state index >= 15 is 0 Å². The molecule has 7 heteroatoms. The Balaban J connectivity index is 1.90. The van der Waals surface area contributed by atoms with Crippen molar-refractivity contribution in [3.8, 4) is 0 Å². The lowest BCUT2D eigenvalue weighted by Gasteiger charge is -2.29. The van der Waals surface area contributed by atoms with Crippen LogP contribution < -0.4 is 4.90 Å².